The van der Waals surface area contributed by atoms with Crippen molar-refractivity contribution in [1.82, 2.24) is 0 Å². The number of carbonyl (C=O) groups excluding carboxylic acids is 2. The molecule has 1 saturated heterocycles. The van der Waals surface area contributed by atoms with E-state index in [4.69, 9.17) is 9.47 Å². The number of rotatable bonds is 4. The molecule has 6 rings (SSSR count). The molecule has 1 aliphatic heterocycles. The number of carboxylic acids is 1. The Bertz CT molecular complexity index is 1280. The fraction of sp³-hybridized carbons (Fsp3) is 0.889. The number of fused-ring (bicyclic) bond motifs is 7. The highest BCUT2D eigenvalue weighted by molar-refractivity contribution is 5.79. The first-order valence-electron chi connectivity index (χ1n) is 17.4. The lowest BCUT2D eigenvalue weighted by Crippen LogP contribution is -2.68. The zero-order valence-electron chi connectivity index (χ0n) is 28.3. The molecule has 0 aromatic carbocycles. The van der Waals surface area contributed by atoms with Gasteiger partial charge in [0, 0.05) is 5.41 Å². The summed E-state index contributed by atoms with van der Waals surface area (Å²) in [5.74, 6) is -1.76. The highest BCUT2D eigenvalue weighted by atomic mass is 16.7. The molecule has 10 nitrogen and oxygen atoms in total. The van der Waals surface area contributed by atoms with E-state index in [2.05, 4.69) is 40.7 Å². The van der Waals surface area contributed by atoms with Crippen molar-refractivity contribution in [2.75, 3.05) is 6.61 Å². The van der Waals surface area contributed by atoms with Gasteiger partial charge in [-0.3, -0.25) is 4.79 Å². The molecule has 6 aliphatic rings. The van der Waals surface area contributed by atoms with Crippen LogP contribution in [0.25, 0.3) is 0 Å². The van der Waals surface area contributed by atoms with E-state index >= 15 is 0 Å². The number of aliphatic carboxylic acids is 1. The average Bonchev–Trinajstić information content (AvgIpc) is 2.99. The molecule has 5 unspecified atom stereocenters. The Balaban J connectivity index is 1.36. The van der Waals surface area contributed by atoms with Crippen molar-refractivity contribution < 1.29 is 49.7 Å². The largest absolute Gasteiger partial charge is 0.549 e. The molecule has 5 aliphatic carbocycles. The van der Waals surface area contributed by atoms with Gasteiger partial charge >= 0.3 is 5.97 Å². The molecule has 0 radical (unpaired) electrons. The van der Waals surface area contributed by atoms with Gasteiger partial charge < -0.3 is 44.9 Å². The Labute approximate surface area is 272 Å². The summed E-state index contributed by atoms with van der Waals surface area (Å²) in [6.07, 6.45) is 0.905. The van der Waals surface area contributed by atoms with Crippen LogP contribution in [-0.4, -0.2) is 80.9 Å². The van der Waals surface area contributed by atoms with E-state index in [0.717, 1.165) is 38.5 Å². The smallest absolute Gasteiger partial charge is 0.315 e. The Morgan fingerprint density at radius 3 is 2.22 bits per heavy atom. The first-order valence-corrected chi connectivity index (χ1v) is 17.4. The Morgan fingerprint density at radius 2 is 1.57 bits per heavy atom. The summed E-state index contributed by atoms with van der Waals surface area (Å²) in [7, 11) is 0. The summed E-state index contributed by atoms with van der Waals surface area (Å²) in [5, 5.41) is 64.5. The third kappa shape index (κ3) is 4.49. The average molecular weight is 648 g/mol. The zero-order chi connectivity index (χ0) is 33.8. The lowest BCUT2D eigenvalue weighted by molar-refractivity contribution is -0.335. The monoisotopic (exact) mass is 647 g/mol. The van der Waals surface area contributed by atoms with Crippen molar-refractivity contribution in [2.45, 2.75) is 143 Å². The first kappa shape index (κ1) is 34.3. The van der Waals surface area contributed by atoms with Gasteiger partial charge in [-0.15, -0.1) is 0 Å². The van der Waals surface area contributed by atoms with Crippen molar-refractivity contribution in [3.63, 3.8) is 0 Å². The normalized spacial score (nSPS) is 53.0. The van der Waals surface area contributed by atoms with Crippen LogP contribution < -0.4 is 5.11 Å². The zero-order valence-corrected chi connectivity index (χ0v) is 28.3. The van der Waals surface area contributed by atoms with Crippen LogP contribution >= 0.6 is 0 Å². The molecule has 0 aromatic heterocycles. The fourth-order valence-corrected chi connectivity index (χ4v) is 12.0. The third-order valence-corrected chi connectivity index (χ3v) is 15.2. The summed E-state index contributed by atoms with van der Waals surface area (Å²) in [6, 6.07) is 0. The van der Waals surface area contributed by atoms with Crippen LogP contribution in [0.2, 0.25) is 0 Å². The molecular weight excluding hydrogens is 592 g/mol. The number of allylic oxidation sites excluding steroid dienone is 2. The number of hydrogen-bond donors (Lipinski definition) is 5. The lowest BCUT2D eigenvalue weighted by atomic mass is 9.33. The molecule has 0 aromatic rings. The van der Waals surface area contributed by atoms with Crippen LogP contribution in [0.3, 0.4) is 0 Å². The Kier molecular flexibility index (Phi) is 8.18. The van der Waals surface area contributed by atoms with E-state index in [9.17, 15) is 40.2 Å². The van der Waals surface area contributed by atoms with Gasteiger partial charge in [-0.2, -0.15) is 0 Å². The molecule has 5 N–H and O–H groups in total. The maximum absolute atomic E-state index is 14.4. The molecule has 5 fully saturated rings. The van der Waals surface area contributed by atoms with Crippen LogP contribution in [0.1, 0.15) is 106 Å². The summed E-state index contributed by atoms with van der Waals surface area (Å²) in [5.41, 5.74) is -1.61. The number of hydrogen-bond acceptors (Lipinski definition) is 10. The molecule has 260 valence electrons. The molecule has 14 atom stereocenters. The molecule has 0 bridgehead atoms. The second-order valence-corrected chi connectivity index (χ2v) is 17.6. The maximum Gasteiger partial charge on any atom is 0.315 e. The molecule has 0 amide bonds. The topological polar surface area (TPSA) is 177 Å². The van der Waals surface area contributed by atoms with Gasteiger partial charge in [0.1, 0.15) is 24.4 Å². The minimum atomic E-state index is -1.66. The summed E-state index contributed by atoms with van der Waals surface area (Å²) >= 11 is 0. The minimum Gasteiger partial charge on any atom is -0.549 e. The lowest BCUT2D eigenvalue weighted by Gasteiger charge is -2.71. The maximum atomic E-state index is 14.4. The van der Waals surface area contributed by atoms with Crippen LogP contribution in [0.5, 0.6) is 0 Å². The predicted molar refractivity (Wildman–Crippen MR) is 164 cm³/mol. The van der Waals surface area contributed by atoms with Crippen LogP contribution in [-0.2, 0) is 19.1 Å². The molecule has 0 spiro atoms. The highest BCUT2D eigenvalue weighted by Gasteiger charge is 2.70. The van der Waals surface area contributed by atoms with Crippen LogP contribution in [0.15, 0.2) is 11.6 Å². The van der Waals surface area contributed by atoms with Gasteiger partial charge in [-0.05, 0) is 104 Å². The van der Waals surface area contributed by atoms with Gasteiger partial charge in [0.05, 0.1) is 24.1 Å². The molecule has 10 heteroatoms. The van der Waals surface area contributed by atoms with Crippen LogP contribution in [0.4, 0.5) is 0 Å². The number of aliphatic hydroxyl groups is 5. The van der Waals surface area contributed by atoms with E-state index in [1.54, 1.807) is 6.92 Å². The van der Waals surface area contributed by atoms with Gasteiger partial charge in [-0.25, -0.2) is 0 Å². The second-order valence-electron chi connectivity index (χ2n) is 17.6. The molecule has 4 saturated carbocycles. The van der Waals surface area contributed by atoms with E-state index in [0.29, 0.717) is 25.7 Å². The fourth-order valence-electron chi connectivity index (χ4n) is 12.0. The Morgan fingerprint density at radius 1 is 0.891 bits per heavy atom. The van der Waals surface area contributed by atoms with Crippen molar-refractivity contribution in [3.8, 4) is 0 Å². The summed E-state index contributed by atoms with van der Waals surface area (Å²) < 4.78 is 11.5. The highest BCUT2D eigenvalue weighted by Crippen LogP contribution is 2.75. The standard InChI is InChI=1S/C36H56O10/c1-31(2)13-15-36(30(44)46-28-27(41)26(40)25(39)21(18-37)45-28)16-14-33(4)19(20(36)17-31)7-8-22-32(3)11-10-24(38)35(6,29(42)43)23(32)9-12-34(22,33)5/h7,20-28,37-41H,8-18H2,1-6H3,(H,42,43)/p-1/t20?,21?,22?,23?,24-,25+,26-,27-,28?,32+,33+,34+,35-,36-/m0/s1. The first-order chi connectivity index (χ1) is 21.3. The quantitative estimate of drug-likeness (QED) is 0.225. The summed E-state index contributed by atoms with van der Waals surface area (Å²) in [4.78, 5) is 27.0. The minimum absolute atomic E-state index is 0.0200. The predicted octanol–water partition coefficient (Wildman–Crippen LogP) is 2.22. The molecular formula is C36H55O10-. The van der Waals surface area contributed by atoms with Crippen molar-refractivity contribution in [3.05, 3.63) is 11.6 Å². The number of esters is 1. The van der Waals surface area contributed by atoms with Gasteiger partial charge in [0.15, 0.2) is 0 Å². The van der Waals surface area contributed by atoms with Crippen molar-refractivity contribution in [2.24, 2.45) is 50.2 Å². The van der Waals surface area contributed by atoms with E-state index in [1.807, 2.05) is 0 Å². The summed E-state index contributed by atoms with van der Waals surface area (Å²) in [6.45, 7) is 12.5. The number of carbonyl (C=O) groups is 2. The van der Waals surface area contributed by atoms with Crippen molar-refractivity contribution in [1.29, 1.82) is 0 Å². The number of aliphatic hydroxyl groups excluding tert-OH is 5. The van der Waals surface area contributed by atoms with E-state index in [1.165, 1.54) is 5.57 Å². The van der Waals surface area contributed by atoms with Gasteiger partial charge in [0.2, 0.25) is 6.29 Å². The number of carboxylic acid groups (broad SMARTS) is 1. The molecule has 46 heavy (non-hydrogen) atoms. The van der Waals surface area contributed by atoms with Crippen molar-refractivity contribution >= 4 is 11.9 Å². The van der Waals surface area contributed by atoms with E-state index in [-0.39, 0.29) is 39.4 Å². The third-order valence-electron chi connectivity index (χ3n) is 15.2. The van der Waals surface area contributed by atoms with Crippen LogP contribution in [0, 0.1) is 50.2 Å². The van der Waals surface area contributed by atoms with Gasteiger partial charge in [0.25, 0.3) is 0 Å². The molecule has 1 heterocycles. The second kappa shape index (κ2) is 11.0. The van der Waals surface area contributed by atoms with Gasteiger partial charge in [-0.1, -0.05) is 53.2 Å². The number of ether oxygens (including phenoxy) is 2. The Hall–Kier alpha value is -1.56. The SMILES string of the molecule is CC1(C)CC[C@]2(C(=O)OC3OC(CO)[C@@H](O)[C@H](O)[C@@H]3O)CC[C@]3(C)C(=CCC4[C@@]5(C)CC[C@H](O)[C@@](C)(C(=O)[O-])C5CC[C@]43C)C2C1. The van der Waals surface area contributed by atoms with E-state index < -0.39 is 66.2 Å².